The Balaban J connectivity index is 1.60. The number of thiazole rings is 1. The zero-order valence-corrected chi connectivity index (χ0v) is 15.0. The minimum Gasteiger partial charge on any atom is -0.465 e. The lowest BCUT2D eigenvalue weighted by Gasteiger charge is -2.09. The fraction of sp³-hybridized carbons (Fsp3) is 0.158. The molecule has 0 atom stereocenters. The molecule has 3 aromatic rings. The molecule has 1 aromatic carbocycles. The van der Waals surface area contributed by atoms with Crippen LogP contribution in [0.15, 0.2) is 54.2 Å². The molecule has 3 rings (SSSR count). The summed E-state index contributed by atoms with van der Waals surface area (Å²) in [5.74, 6) is -0.668. The van der Waals surface area contributed by atoms with Crippen molar-refractivity contribution in [1.82, 2.24) is 9.97 Å². The number of nitrogens with one attached hydrogen (secondary N) is 1. The predicted molar refractivity (Wildman–Crippen MR) is 100 cm³/mol. The lowest BCUT2D eigenvalue weighted by atomic mass is 10.1. The van der Waals surface area contributed by atoms with E-state index in [4.69, 9.17) is 4.74 Å². The molecule has 0 saturated carbocycles. The lowest BCUT2D eigenvalue weighted by molar-refractivity contribution is -0.116. The number of carbonyl (C=O) groups is 2. The number of amides is 1. The third-order valence-electron chi connectivity index (χ3n) is 3.67. The Morgan fingerprint density at radius 1 is 1.19 bits per heavy atom. The van der Waals surface area contributed by atoms with Gasteiger partial charge in [0.25, 0.3) is 0 Å². The average molecular weight is 367 g/mol. The first-order valence-corrected chi connectivity index (χ1v) is 8.87. The molecule has 0 aliphatic rings. The summed E-state index contributed by atoms with van der Waals surface area (Å²) in [6, 6.07) is 10.6. The molecule has 7 heteroatoms. The Morgan fingerprint density at radius 3 is 2.81 bits per heavy atom. The first-order valence-electron chi connectivity index (χ1n) is 7.99. The van der Waals surface area contributed by atoms with Crippen LogP contribution < -0.4 is 5.32 Å². The number of anilines is 1. The van der Waals surface area contributed by atoms with Gasteiger partial charge in [-0.1, -0.05) is 12.1 Å². The Hall–Kier alpha value is -3.06. The van der Waals surface area contributed by atoms with Crippen LogP contribution in [0.5, 0.6) is 0 Å². The summed E-state index contributed by atoms with van der Waals surface area (Å²) in [5.41, 5.74) is 2.58. The second kappa shape index (κ2) is 8.35. The van der Waals surface area contributed by atoms with Gasteiger partial charge in [0, 0.05) is 29.8 Å². The fourth-order valence-corrected chi connectivity index (χ4v) is 3.22. The Labute approximate surface area is 154 Å². The van der Waals surface area contributed by atoms with Crippen LogP contribution in [0.1, 0.15) is 22.5 Å². The van der Waals surface area contributed by atoms with Gasteiger partial charge in [0.05, 0.1) is 24.1 Å². The van der Waals surface area contributed by atoms with Crippen molar-refractivity contribution in [2.24, 2.45) is 0 Å². The van der Waals surface area contributed by atoms with E-state index in [-0.39, 0.29) is 12.3 Å². The normalized spacial score (nSPS) is 10.3. The molecule has 0 fully saturated rings. The highest BCUT2D eigenvalue weighted by Gasteiger charge is 2.13. The molecule has 0 unspecified atom stereocenters. The zero-order chi connectivity index (χ0) is 18.4. The number of aromatic nitrogens is 2. The van der Waals surface area contributed by atoms with Crippen molar-refractivity contribution in [3.63, 3.8) is 0 Å². The van der Waals surface area contributed by atoms with Gasteiger partial charge in [0.2, 0.25) is 5.91 Å². The number of pyridine rings is 1. The van der Waals surface area contributed by atoms with E-state index in [1.807, 2.05) is 17.5 Å². The molecule has 0 bridgehead atoms. The number of hydrogen-bond donors (Lipinski definition) is 1. The van der Waals surface area contributed by atoms with Gasteiger partial charge >= 0.3 is 5.97 Å². The van der Waals surface area contributed by atoms with E-state index in [1.165, 1.54) is 18.4 Å². The minimum atomic E-state index is -0.485. The number of methoxy groups -OCH3 is 1. The van der Waals surface area contributed by atoms with Crippen molar-refractivity contribution in [1.29, 1.82) is 0 Å². The topological polar surface area (TPSA) is 81.2 Å². The largest absolute Gasteiger partial charge is 0.465 e. The van der Waals surface area contributed by atoms with E-state index in [0.717, 1.165) is 16.3 Å². The van der Waals surface area contributed by atoms with Gasteiger partial charge in [0.15, 0.2) is 0 Å². The van der Waals surface area contributed by atoms with Gasteiger partial charge in [0.1, 0.15) is 5.01 Å². The lowest BCUT2D eigenvalue weighted by Crippen LogP contribution is -2.15. The van der Waals surface area contributed by atoms with Crippen LogP contribution in [0, 0.1) is 0 Å². The number of nitrogens with zero attached hydrogens (tertiary/aromatic N) is 2. The molecule has 0 spiro atoms. The molecule has 1 amide bonds. The number of rotatable bonds is 6. The van der Waals surface area contributed by atoms with E-state index >= 15 is 0 Å². The zero-order valence-electron chi connectivity index (χ0n) is 14.1. The van der Waals surface area contributed by atoms with Crippen LogP contribution in [-0.2, 0) is 16.0 Å². The molecule has 0 radical (unpaired) electrons. The van der Waals surface area contributed by atoms with E-state index in [9.17, 15) is 9.59 Å². The molecule has 2 heterocycles. The minimum absolute atomic E-state index is 0.183. The number of aryl methyl sites for hydroxylation is 1. The van der Waals surface area contributed by atoms with Crippen molar-refractivity contribution in [2.45, 2.75) is 12.8 Å². The second-order valence-corrected chi connectivity index (χ2v) is 6.33. The SMILES string of the molecule is COC(=O)c1ccccc1NC(=O)CCc1csc(-c2cccnc2)n1. The second-order valence-electron chi connectivity index (χ2n) is 5.47. The summed E-state index contributed by atoms with van der Waals surface area (Å²) in [7, 11) is 1.31. The molecule has 0 aliphatic heterocycles. The quantitative estimate of drug-likeness (QED) is 0.674. The van der Waals surface area contributed by atoms with Gasteiger partial charge in [-0.3, -0.25) is 9.78 Å². The van der Waals surface area contributed by atoms with Gasteiger partial charge in [-0.2, -0.15) is 0 Å². The summed E-state index contributed by atoms with van der Waals surface area (Å²) >= 11 is 1.52. The van der Waals surface area contributed by atoms with Crippen molar-refractivity contribution in [2.75, 3.05) is 12.4 Å². The van der Waals surface area contributed by atoms with Gasteiger partial charge in [-0.25, -0.2) is 9.78 Å². The van der Waals surface area contributed by atoms with E-state index in [1.54, 1.807) is 36.7 Å². The first kappa shape index (κ1) is 17.8. The van der Waals surface area contributed by atoms with Crippen LogP contribution >= 0.6 is 11.3 Å². The average Bonchev–Trinajstić information content (AvgIpc) is 3.16. The van der Waals surface area contributed by atoms with Crippen LogP contribution in [0.3, 0.4) is 0 Å². The number of carbonyl (C=O) groups excluding carboxylic acids is 2. The number of benzene rings is 1. The van der Waals surface area contributed by atoms with Crippen molar-refractivity contribution in [3.05, 3.63) is 65.4 Å². The molecule has 2 aromatic heterocycles. The van der Waals surface area contributed by atoms with E-state index in [2.05, 4.69) is 15.3 Å². The molecule has 1 N–H and O–H groups in total. The summed E-state index contributed by atoms with van der Waals surface area (Å²) < 4.78 is 4.73. The highest BCUT2D eigenvalue weighted by Crippen LogP contribution is 2.23. The van der Waals surface area contributed by atoms with Crippen molar-refractivity contribution in [3.8, 4) is 10.6 Å². The van der Waals surface area contributed by atoms with E-state index < -0.39 is 5.97 Å². The van der Waals surface area contributed by atoms with Crippen LogP contribution in [-0.4, -0.2) is 29.0 Å². The maximum absolute atomic E-state index is 12.2. The molecule has 26 heavy (non-hydrogen) atoms. The first-order chi connectivity index (χ1) is 12.7. The molecule has 0 aliphatic carbocycles. The third-order valence-corrected chi connectivity index (χ3v) is 4.62. The van der Waals surface area contributed by atoms with Crippen molar-refractivity contribution < 1.29 is 14.3 Å². The molecule has 0 saturated heterocycles. The third kappa shape index (κ3) is 4.31. The van der Waals surface area contributed by atoms with Crippen LogP contribution in [0.4, 0.5) is 5.69 Å². The highest BCUT2D eigenvalue weighted by molar-refractivity contribution is 7.13. The van der Waals surface area contributed by atoms with Crippen LogP contribution in [0.25, 0.3) is 10.6 Å². The molecule has 132 valence electrons. The van der Waals surface area contributed by atoms with Gasteiger partial charge in [-0.15, -0.1) is 11.3 Å². The predicted octanol–water partition coefficient (Wildman–Crippen LogP) is 3.56. The Kier molecular flexibility index (Phi) is 5.70. The van der Waals surface area contributed by atoms with E-state index in [0.29, 0.717) is 17.7 Å². The fourth-order valence-electron chi connectivity index (χ4n) is 2.38. The number of para-hydroxylation sites is 1. The van der Waals surface area contributed by atoms with Gasteiger partial charge in [-0.05, 0) is 30.7 Å². The van der Waals surface area contributed by atoms with Crippen molar-refractivity contribution >= 4 is 28.9 Å². The number of ether oxygens (including phenoxy) is 1. The number of esters is 1. The number of hydrogen-bond acceptors (Lipinski definition) is 6. The summed E-state index contributed by atoms with van der Waals surface area (Å²) in [6.07, 6.45) is 4.27. The monoisotopic (exact) mass is 367 g/mol. The molecule has 6 nitrogen and oxygen atoms in total. The summed E-state index contributed by atoms with van der Waals surface area (Å²) in [4.78, 5) is 32.6. The molecular weight excluding hydrogens is 350 g/mol. The maximum Gasteiger partial charge on any atom is 0.339 e. The Morgan fingerprint density at radius 2 is 2.04 bits per heavy atom. The maximum atomic E-state index is 12.2. The smallest absolute Gasteiger partial charge is 0.339 e. The standard InChI is InChI=1S/C19H17N3O3S/c1-25-19(24)15-6-2-3-7-16(15)22-17(23)9-8-14-12-26-18(21-14)13-5-4-10-20-11-13/h2-7,10-12H,8-9H2,1H3,(H,22,23). The summed E-state index contributed by atoms with van der Waals surface area (Å²) in [5, 5.41) is 5.58. The highest BCUT2D eigenvalue weighted by atomic mass is 32.1. The van der Waals surface area contributed by atoms with Crippen LogP contribution in [0.2, 0.25) is 0 Å². The summed E-state index contributed by atoms with van der Waals surface area (Å²) in [6.45, 7) is 0. The van der Waals surface area contributed by atoms with Gasteiger partial charge < -0.3 is 10.1 Å². The Bertz CT molecular complexity index is 909. The molecular formula is C19H17N3O3S.